The molecule has 0 spiro atoms. The van der Waals surface area contributed by atoms with E-state index in [9.17, 15) is 14.0 Å². The third-order valence-electron chi connectivity index (χ3n) is 4.80. The highest BCUT2D eigenvalue weighted by Gasteiger charge is 2.16. The lowest BCUT2D eigenvalue weighted by atomic mass is 10.1. The molecule has 0 saturated carbocycles. The summed E-state index contributed by atoms with van der Waals surface area (Å²) in [6, 6.07) is 9.56. The lowest BCUT2D eigenvalue weighted by Crippen LogP contribution is -2.27. The number of ketones is 1. The smallest absolute Gasteiger partial charge is 0.246 e. The van der Waals surface area contributed by atoms with Crippen molar-refractivity contribution in [1.82, 2.24) is 5.06 Å². The van der Waals surface area contributed by atoms with E-state index < -0.39 is 0 Å². The van der Waals surface area contributed by atoms with Crippen molar-refractivity contribution in [2.24, 2.45) is 0 Å². The van der Waals surface area contributed by atoms with Crippen LogP contribution in [0.1, 0.15) is 28.8 Å². The molecule has 3 rings (SSSR count). The van der Waals surface area contributed by atoms with Gasteiger partial charge in [-0.15, -0.1) is 11.3 Å². The molecule has 0 saturated heterocycles. The van der Waals surface area contributed by atoms with Crippen LogP contribution in [-0.4, -0.2) is 49.2 Å². The molecule has 1 aromatic heterocycles. The number of carbonyl (C=O) groups excluding carboxylic acids is 2. The van der Waals surface area contributed by atoms with Gasteiger partial charge in [-0.25, -0.2) is 9.45 Å². The highest BCUT2D eigenvalue weighted by molar-refractivity contribution is 7.17. The summed E-state index contributed by atoms with van der Waals surface area (Å²) in [7, 11) is 2.94. The van der Waals surface area contributed by atoms with E-state index in [1.54, 1.807) is 29.6 Å². The number of hydroxylamine groups is 2. The maximum absolute atomic E-state index is 13.8. The molecule has 1 heterocycles. The van der Waals surface area contributed by atoms with Gasteiger partial charge in [0.15, 0.2) is 17.3 Å². The summed E-state index contributed by atoms with van der Waals surface area (Å²) in [6.07, 6.45) is -0.0292. The van der Waals surface area contributed by atoms with Gasteiger partial charge in [-0.3, -0.25) is 14.4 Å². The number of methoxy groups -OCH3 is 1. The lowest BCUT2D eigenvalue weighted by molar-refractivity contribution is -0.182. The summed E-state index contributed by atoms with van der Waals surface area (Å²) >= 11 is 1.29. The number of amides is 1. The number of fused-ring (bicyclic) bond motifs is 1. The number of ether oxygens (including phenoxy) is 2. The van der Waals surface area contributed by atoms with Crippen molar-refractivity contribution in [3.63, 3.8) is 0 Å². The molecule has 32 heavy (non-hydrogen) atoms. The zero-order valence-corrected chi connectivity index (χ0v) is 18.6. The SMILES string of the molecule is COc1cc(C(=O)CCC(=O)N(C)OCc2csc3c(F)cccc23)ccc1OCCO. The van der Waals surface area contributed by atoms with Gasteiger partial charge in [-0.2, -0.15) is 0 Å². The third-order valence-corrected chi connectivity index (χ3v) is 5.85. The molecular formula is C23H24FNO6S. The van der Waals surface area contributed by atoms with Gasteiger partial charge in [0.1, 0.15) is 19.0 Å². The zero-order chi connectivity index (χ0) is 23.1. The van der Waals surface area contributed by atoms with Gasteiger partial charge < -0.3 is 14.6 Å². The number of hydrogen-bond acceptors (Lipinski definition) is 7. The van der Waals surface area contributed by atoms with Gasteiger partial charge in [-0.1, -0.05) is 12.1 Å². The summed E-state index contributed by atoms with van der Waals surface area (Å²) in [5, 5.41) is 12.5. The average molecular weight is 462 g/mol. The first-order valence-corrected chi connectivity index (χ1v) is 10.8. The Hall–Kier alpha value is -3.01. The van der Waals surface area contributed by atoms with Gasteiger partial charge in [0, 0.05) is 30.8 Å². The molecule has 0 aliphatic rings. The van der Waals surface area contributed by atoms with E-state index in [-0.39, 0.29) is 50.2 Å². The zero-order valence-electron chi connectivity index (χ0n) is 17.8. The molecule has 9 heteroatoms. The molecule has 0 atom stereocenters. The molecule has 0 aliphatic carbocycles. The molecule has 170 valence electrons. The molecule has 1 amide bonds. The van der Waals surface area contributed by atoms with Crippen LogP contribution in [0.5, 0.6) is 11.5 Å². The molecule has 2 aromatic carbocycles. The van der Waals surface area contributed by atoms with Crippen molar-refractivity contribution >= 4 is 33.1 Å². The molecule has 0 unspecified atom stereocenters. The van der Waals surface area contributed by atoms with Gasteiger partial charge in [-0.05, 0) is 35.2 Å². The number of aliphatic hydroxyl groups excluding tert-OH is 1. The minimum atomic E-state index is -0.348. The van der Waals surface area contributed by atoms with Crippen molar-refractivity contribution in [3.8, 4) is 11.5 Å². The minimum Gasteiger partial charge on any atom is -0.493 e. The summed E-state index contributed by atoms with van der Waals surface area (Å²) in [4.78, 5) is 30.4. The standard InChI is InChI=1S/C23H24FNO6S/c1-25(31-13-16-14-32-23-17(16)4-3-5-18(23)24)22(28)9-7-19(27)15-6-8-20(30-11-10-26)21(12-15)29-2/h3-6,8,12,14,26H,7,9-11,13H2,1-2H3. The van der Waals surface area contributed by atoms with Crippen LogP contribution in [0.25, 0.3) is 10.1 Å². The summed E-state index contributed by atoms with van der Waals surface area (Å²) in [5.41, 5.74) is 1.18. The Morgan fingerprint density at radius 1 is 1.16 bits per heavy atom. The first kappa shape index (κ1) is 23.6. The highest BCUT2D eigenvalue weighted by atomic mass is 32.1. The van der Waals surface area contributed by atoms with Crippen molar-refractivity contribution in [2.45, 2.75) is 19.4 Å². The molecule has 1 N–H and O–H groups in total. The van der Waals surface area contributed by atoms with E-state index in [1.807, 2.05) is 6.07 Å². The Labute approximate surface area is 188 Å². The average Bonchev–Trinajstić information content (AvgIpc) is 3.23. The van der Waals surface area contributed by atoms with E-state index in [0.717, 1.165) is 16.0 Å². The molecule has 0 bridgehead atoms. The lowest BCUT2D eigenvalue weighted by Gasteiger charge is -2.16. The van der Waals surface area contributed by atoms with Crippen LogP contribution in [-0.2, 0) is 16.2 Å². The van der Waals surface area contributed by atoms with E-state index in [2.05, 4.69) is 0 Å². The Morgan fingerprint density at radius 2 is 1.97 bits per heavy atom. The Morgan fingerprint density at radius 3 is 2.72 bits per heavy atom. The first-order chi connectivity index (χ1) is 15.4. The Kier molecular flexibility index (Phi) is 8.15. The minimum absolute atomic E-state index is 0.000869. The van der Waals surface area contributed by atoms with Crippen molar-refractivity contribution < 1.29 is 33.4 Å². The molecule has 3 aromatic rings. The predicted molar refractivity (Wildman–Crippen MR) is 118 cm³/mol. The predicted octanol–water partition coefficient (Wildman–Crippen LogP) is 3.97. The van der Waals surface area contributed by atoms with Crippen molar-refractivity contribution in [2.75, 3.05) is 27.4 Å². The fraction of sp³-hybridized carbons (Fsp3) is 0.304. The third kappa shape index (κ3) is 5.61. The maximum atomic E-state index is 13.8. The first-order valence-electron chi connectivity index (χ1n) is 9.93. The van der Waals surface area contributed by atoms with Crippen LogP contribution in [0.4, 0.5) is 4.39 Å². The van der Waals surface area contributed by atoms with Gasteiger partial charge >= 0.3 is 0 Å². The molecular weight excluding hydrogens is 437 g/mol. The number of hydrogen-bond donors (Lipinski definition) is 1. The Bertz CT molecular complexity index is 1100. The molecule has 7 nitrogen and oxygen atoms in total. The van der Waals surface area contributed by atoms with Gasteiger partial charge in [0.05, 0.1) is 18.4 Å². The fourth-order valence-electron chi connectivity index (χ4n) is 3.06. The summed E-state index contributed by atoms with van der Waals surface area (Å²) < 4.78 is 24.9. The van der Waals surface area contributed by atoms with E-state index in [4.69, 9.17) is 19.4 Å². The number of halogens is 1. The van der Waals surface area contributed by atoms with Crippen LogP contribution in [0.3, 0.4) is 0 Å². The molecule has 0 aliphatic heterocycles. The second-order valence-corrected chi connectivity index (χ2v) is 7.78. The number of carbonyl (C=O) groups is 2. The number of thiophene rings is 1. The van der Waals surface area contributed by atoms with Crippen LogP contribution in [0.2, 0.25) is 0 Å². The van der Waals surface area contributed by atoms with E-state index in [0.29, 0.717) is 21.8 Å². The largest absolute Gasteiger partial charge is 0.493 e. The van der Waals surface area contributed by atoms with Gasteiger partial charge in [0.25, 0.3) is 0 Å². The number of Topliss-reactive ketones (excluding diaryl/α,β-unsaturated/α-hetero) is 1. The van der Waals surface area contributed by atoms with E-state index >= 15 is 0 Å². The molecule has 0 fully saturated rings. The topological polar surface area (TPSA) is 85.3 Å². The quantitative estimate of drug-likeness (QED) is 0.344. The Balaban J connectivity index is 1.53. The van der Waals surface area contributed by atoms with Crippen LogP contribution >= 0.6 is 11.3 Å². The number of nitrogens with zero attached hydrogens (tertiary/aromatic N) is 1. The second kappa shape index (κ2) is 11.0. The fourth-order valence-corrected chi connectivity index (χ4v) is 4.03. The van der Waals surface area contributed by atoms with Crippen LogP contribution < -0.4 is 9.47 Å². The number of benzene rings is 2. The molecule has 0 radical (unpaired) electrons. The van der Waals surface area contributed by atoms with Crippen LogP contribution in [0.15, 0.2) is 41.8 Å². The maximum Gasteiger partial charge on any atom is 0.246 e. The number of rotatable bonds is 11. The summed E-state index contributed by atoms with van der Waals surface area (Å²) in [6.45, 7) is 0.0911. The van der Waals surface area contributed by atoms with Crippen LogP contribution in [0, 0.1) is 5.82 Å². The highest BCUT2D eigenvalue weighted by Crippen LogP contribution is 2.30. The van der Waals surface area contributed by atoms with E-state index in [1.165, 1.54) is 31.6 Å². The van der Waals surface area contributed by atoms with Crippen molar-refractivity contribution in [1.29, 1.82) is 0 Å². The van der Waals surface area contributed by atoms with Crippen molar-refractivity contribution in [3.05, 3.63) is 58.7 Å². The van der Waals surface area contributed by atoms with Gasteiger partial charge in [0.2, 0.25) is 5.91 Å². The second-order valence-electron chi connectivity index (χ2n) is 6.90. The summed E-state index contributed by atoms with van der Waals surface area (Å²) in [5.74, 6) is -0.0676. The number of aliphatic hydroxyl groups is 1. The monoisotopic (exact) mass is 461 g/mol. The normalized spacial score (nSPS) is 10.9.